The molecule has 0 fully saturated rings. The van der Waals surface area contributed by atoms with Crippen molar-refractivity contribution in [2.75, 3.05) is 38.2 Å². The molecule has 1 aromatic rings. The molecule has 0 saturated carbocycles. The summed E-state index contributed by atoms with van der Waals surface area (Å²) in [5.74, 6) is -9.46. The molecule has 59 heavy (non-hydrogen) atoms. The molecule has 6 atom stereocenters. The van der Waals surface area contributed by atoms with Crippen LogP contribution in [0.5, 0.6) is 0 Å². The van der Waals surface area contributed by atoms with Crippen LogP contribution in [-0.2, 0) is 49.6 Å². The van der Waals surface area contributed by atoms with Crippen molar-refractivity contribution >= 4 is 71.0 Å². The summed E-state index contributed by atoms with van der Waals surface area (Å²) in [5.41, 5.74) is 16.6. The Morgan fingerprint density at radius 1 is 0.797 bits per heavy atom. The van der Waals surface area contributed by atoms with E-state index in [4.69, 9.17) is 22.3 Å². The first-order valence-electron chi connectivity index (χ1n) is 18.2. The number of H-pyrrole nitrogens is 1. The zero-order valence-electron chi connectivity index (χ0n) is 32.8. The van der Waals surface area contributed by atoms with Crippen LogP contribution in [0.4, 0.5) is 0 Å². The number of rotatable bonds is 28. The number of guanidine groups is 1. The van der Waals surface area contributed by atoms with E-state index in [9.17, 15) is 53.4 Å². The molecule has 0 saturated heterocycles. The highest BCUT2D eigenvalue weighted by Crippen LogP contribution is 2.08. The van der Waals surface area contributed by atoms with E-state index in [2.05, 4.69) is 52.2 Å². The molecule has 0 unspecified atom stereocenters. The Labute approximate surface area is 343 Å². The molecule has 0 aromatic carbocycles. The highest BCUT2D eigenvalue weighted by atomic mass is 32.2. The lowest BCUT2D eigenvalue weighted by Gasteiger charge is -2.27. The van der Waals surface area contributed by atoms with Crippen molar-refractivity contribution in [2.45, 2.75) is 82.2 Å². The smallest absolute Gasteiger partial charge is 0.326 e. The first-order valence-corrected chi connectivity index (χ1v) is 19.6. The normalized spacial score (nSPS) is 13.9. The summed E-state index contributed by atoms with van der Waals surface area (Å²) in [6.07, 6.45) is 3.72. The number of nitrogens with one attached hydrogen (secondary N) is 8. The Kier molecular flexibility index (Phi) is 23.2. The Morgan fingerprint density at radius 2 is 1.37 bits per heavy atom. The Hall–Kier alpha value is -6.02. The second-order valence-electron chi connectivity index (χ2n) is 13.3. The summed E-state index contributed by atoms with van der Waals surface area (Å²) in [5, 5.41) is 44.4. The zero-order chi connectivity index (χ0) is 44.7. The zero-order valence-corrected chi connectivity index (χ0v) is 33.6. The molecule has 0 aliphatic heterocycles. The lowest BCUT2D eigenvalue weighted by atomic mass is 10.0. The topological polar surface area (TPSA) is 418 Å². The molecule has 330 valence electrons. The number of nitrogens with two attached hydrogens (primary N) is 3. The number of hydrogen-bond donors (Lipinski definition) is 14. The third-order valence-corrected chi connectivity index (χ3v) is 8.74. The fraction of sp³-hybridized carbons (Fsp3) is 0.606. The van der Waals surface area contributed by atoms with Crippen molar-refractivity contribution in [2.24, 2.45) is 28.1 Å². The number of aromatic amines is 1. The number of carboxylic acids is 2. The van der Waals surface area contributed by atoms with Crippen molar-refractivity contribution < 1.29 is 58.5 Å². The third-order valence-electron chi connectivity index (χ3n) is 8.09. The quantitative estimate of drug-likeness (QED) is 0.0212. The van der Waals surface area contributed by atoms with Gasteiger partial charge in [0.05, 0.1) is 32.4 Å². The predicted molar refractivity (Wildman–Crippen MR) is 211 cm³/mol. The number of aliphatic imine (C=N–C) groups is 1. The average molecular weight is 858 g/mol. The molecule has 0 radical (unpaired) electrons. The third kappa shape index (κ3) is 20.3. The van der Waals surface area contributed by atoms with Crippen LogP contribution in [0.25, 0.3) is 0 Å². The monoisotopic (exact) mass is 857 g/mol. The number of carbonyl (C=O) groups excluding carboxylic acids is 7. The molecule has 1 rings (SSSR count). The van der Waals surface area contributed by atoms with Crippen molar-refractivity contribution in [3.8, 4) is 0 Å². The van der Waals surface area contributed by atoms with Crippen LogP contribution in [0.1, 0.15) is 45.2 Å². The number of carboxylic acid groups (broad SMARTS) is 2. The van der Waals surface area contributed by atoms with Crippen LogP contribution >= 0.6 is 11.8 Å². The molecule has 0 bridgehead atoms. The summed E-state index contributed by atoms with van der Waals surface area (Å²) >= 11 is 1.34. The number of imidazole rings is 1. The first kappa shape index (κ1) is 51.0. The van der Waals surface area contributed by atoms with Gasteiger partial charge in [-0.2, -0.15) is 11.8 Å². The second-order valence-corrected chi connectivity index (χ2v) is 14.3. The highest BCUT2D eigenvalue weighted by molar-refractivity contribution is 7.98. The van der Waals surface area contributed by atoms with E-state index in [0.717, 1.165) is 0 Å². The van der Waals surface area contributed by atoms with Gasteiger partial charge in [0.1, 0.15) is 36.3 Å². The van der Waals surface area contributed by atoms with E-state index in [1.54, 1.807) is 20.1 Å². The van der Waals surface area contributed by atoms with Crippen molar-refractivity contribution in [3.63, 3.8) is 0 Å². The minimum absolute atomic E-state index is 0.0263. The van der Waals surface area contributed by atoms with Gasteiger partial charge in [-0.25, -0.2) is 9.78 Å². The van der Waals surface area contributed by atoms with E-state index < -0.39 is 122 Å². The van der Waals surface area contributed by atoms with Crippen LogP contribution in [0.2, 0.25) is 0 Å². The van der Waals surface area contributed by atoms with Crippen molar-refractivity contribution in [1.82, 2.24) is 47.2 Å². The molecule has 0 aliphatic carbocycles. The number of aromatic nitrogens is 2. The van der Waals surface area contributed by atoms with E-state index >= 15 is 0 Å². The number of thioether (sulfide) groups is 1. The van der Waals surface area contributed by atoms with E-state index in [-0.39, 0.29) is 38.2 Å². The lowest BCUT2D eigenvalue weighted by molar-refractivity contribution is -0.142. The number of hydrogen-bond acceptors (Lipinski definition) is 14. The summed E-state index contributed by atoms with van der Waals surface area (Å²) in [7, 11) is 0. The molecule has 1 heterocycles. The molecule has 1 aromatic heterocycles. The molecule has 25 nitrogen and oxygen atoms in total. The second kappa shape index (κ2) is 26.8. The SMILES string of the molecule is CSCC[C@H](NC(=O)[C@@H](NC(=O)[C@H](CC(=O)O)NC(=O)[C@@H](N)CO)C(C)C)C(=O)NCC(=O)N[C@@H](CCCN=C(N)N)C(=O)NCC(=O)N[C@@H](Cc1cnc[nH]1)C(=O)O. The van der Waals surface area contributed by atoms with Gasteiger partial charge in [-0.15, -0.1) is 0 Å². The Balaban J connectivity index is 3.00. The molecule has 7 amide bonds. The van der Waals surface area contributed by atoms with Crippen LogP contribution < -0.4 is 54.4 Å². The predicted octanol–water partition coefficient (Wildman–Crippen LogP) is -6.05. The van der Waals surface area contributed by atoms with Gasteiger partial charge in [-0.05, 0) is 37.2 Å². The minimum atomic E-state index is -1.67. The van der Waals surface area contributed by atoms with Gasteiger partial charge in [0.2, 0.25) is 41.4 Å². The maximum absolute atomic E-state index is 13.4. The Bertz CT molecular complexity index is 1630. The molecule has 0 spiro atoms. The number of carbonyl (C=O) groups is 9. The number of aliphatic hydroxyl groups excluding tert-OH is 1. The highest BCUT2D eigenvalue weighted by Gasteiger charge is 2.33. The van der Waals surface area contributed by atoms with Gasteiger partial charge in [0.15, 0.2) is 5.96 Å². The average Bonchev–Trinajstić information content (AvgIpc) is 3.69. The summed E-state index contributed by atoms with van der Waals surface area (Å²) in [6, 6.07) is -8.29. The molecule has 0 aliphatic rings. The fourth-order valence-electron chi connectivity index (χ4n) is 4.96. The van der Waals surface area contributed by atoms with E-state index in [1.807, 2.05) is 0 Å². The van der Waals surface area contributed by atoms with Crippen LogP contribution in [0.3, 0.4) is 0 Å². The van der Waals surface area contributed by atoms with Gasteiger partial charge < -0.3 is 74.7 Å². The van der Waals surface area contributed by atoms with Gasteiger partial charge in [-0.3, -0.25) is 43.3 Å². The van der Waals surface area contributed by atoms with Crippen LogP contribution in [-0.4, -0.2) is 159 Å². The lowest BCUT2D eigenvalue weighted by Crippen LogP contribution is -2.59. The van der Waals surface area contributed by atoms with Crippen LogP contribution in [0.15, 0.2) is 17.5 Å². The van der Waals surface area contributed by atoms with Gasteiger partial charge in [0, 0.05) is 24.9 Å². The minimum Gasteiger partial charge on any atom is -0.481 e. The Morgan fingerprint density at radius 3 is 1.86 bits per heavy atom. The molecular formula is C33H55N13O12S. The van der Waals surface area contributed by atoms with Crippen molar-refractivity contribution in [1.29, 1.82) is 0 Å². The molecule has 26 heteroatoms. The number of amides is 7. The van der Waals surface area contributed by atoms with Crippen molar-refractivity contribution in [3.05, 3.63) is 18.2 Å². The number of aliphatic hydroxyl groups is 1. The fourth-order valence-corrected chi connectivity index (χ4v) is 5.43. The summed E-state index contributed by atoms with van der Waals surface area (Å²) < 4.78 is 0. The molecular weight excluding hydrogens is 803 g/mol. The molecule has 17 N–H and O–H groups in total. The van der Waals surface area contributed by atoms with Gasteiger partial charge in [-0.1, -0.05) is 13.8 Å². The largest absolute Gasteiger partial charge is 0.481 e. The van der Waals surface area contributed by atoms with E-state index in [1.165, 1.54) is 24.3 Å². The first-order chi connectivity index (χ1) is 27.8. The maximum Gasteiger partial charge on any atom is 0.326 e. The van der Waals surface area contributed by atoms with Crippen LogP contribution in [0, 0.1) is 5.92 Å². The number of nitrogens with zero attached hydrogens (tertiary/aromatic N) is 2. The van der Waals surface area contributed by atoms with Gasteiger partial charge >= 0.3 is 11.9 Å². The summed E-state index contributed by atoms with van der Waals surface area (Å²) in [4.78, 5) is 124. The standard InChI is InChI=1S/C33H55N13O12S/c1-16(2)26(46-30(55)21(10-25(50)51)45-27(52)18(34)14-47)31(56)44-20(6-8-59-3)29(54)40-12-23(48)42-19(5-4-7-38-33(35)36)28(53)39-13-24(49)43-22(32(57)58)9-17-11-37-15-41-17/h11,15-16,18-22,26,47H,4-10,12-14,34H2,1-3H3,(H,37,41)(H,39,53)(H,40,54)(H,42,48)(H,43,49)(H,44,56)(H,45,52)(H,46,55)(H,50,51)(H,57,58)(H4,35,36,38)/t18-,19-,20-,21-,22-,26-/m0/s1. The summed E-state index contributed by atoms with van der Waals surface area (Å²) in [6.45, 7) is 1.09. The van der Waals surface area contributed by atoms with E-state index in [0.29, 0.717) is 11.4 Å². The maximum atomic E-state index is 13.4. The van der Waals surface area contributed by atoms with Gasteiger partial charge in [0.25, 0.3) is 0 Å². The number of aliphatic carboxylic acids is 2.